The van der Waals surface area contributed by atoms with E-state index in [1.54, 1.807) is 19.1 Å². The Labute approximate surface area is 108 Å². The van der Waals surface area contributed by atoms with Crippen LogP contribution in [0.4, 0.5) is 25.8 Å². The van der Waals surface area contributed by atoms with Gasteiger partial charge in [-0.3, -0.25) is 0 Å². The second kappa shape index (κ2) is 4.82. The molecule has 0 amide bonds. The van der Waals surface area contributed by atoms with Crippen molar-refractivity contribution >= 4 is 28.7 Å². The Hall–Kier alpha value is -1.81. The SMILES string of the molecule is Cc1cccc(F)c1Nc1cc(F)c(Cl)cc1N. The highest BCUT2D eigenvalue weighted by atomic mass is 35.5. The van der Waals surface area contributed by atoms with E-state index in [2.05, 4.69) is 5.32 Å². The number of hydrogen-bond acceptors (Lipinski definition) is 2. The molecule has 0 unspecified atom stereocenters. The molecule has 0 aliphatic carbocycles. The summed E-state index contributed by atoms with van der Waals surface area (Å²) in [5.74, 6) is -1.04. The first-order valence-corrected chi connectivity index (χ1v) is 5.63. The smallest absolute Gasteiger partial charge is 0.146 e. The summed E-state index contributed by atoms with van der Waals surface area (Å²) in [6.07, 6.45) is 0. The van der Waals surface area contributed by atoms with Gasteiger partial charge in [0.25, 0.3) is 0 Å². The molecule has 0 atom stereocenters. The molecule has 0 bridgehead atoms. The topological polar surface area (TPSA) is 38.0 Å². The normalized spacial score (nSPS) is 10.4. The number of para-hydroxylation sites is 1. The Kier molecular flexibility index (Phi) is 3.39. The molecule has 0 saturated carbocycles. The summed E-state index contributed by atoms with van der Waals surface area (Å²) in [6, 6.07) is 7.09. The van der Waals surface area contributed by atoms with Gasteiger partial charge in [-0.25, -0.2) is 8.78 Å². The molecule has 0 heterocycles. The summed E-state index contributed by atoms with van der Waals surface area (Å²) < 4.78 is 27.0. The van der Waals surface area contributed by atoms with Gasteiger partial charge in [0.1, 0.15) is 11.6 Å². The Bertz CT molecular complexity index is 580. The lowest BCUT2D eigenvalue weighted by Crippen LogP contribution is -2.01. The van der Waals surface area contributed by atoms with Crippen LogP contribution in [-0.4, -0.2) is 0 Å². The van der Waals surface area contributed by atoms with Crippen LogP contribution in [-0.2, 0) is 0 Å². The Morgan fingerprint density at radius 2 is 1.89 bits per heavy atom. The van der Waals surface area contributed by atoms with Gasteiger partial charge in [0.2, 0.25) is 0 Å². The average molecular weight is 269 g/mol. The Morgan fingerprint density at radius 1 is 1.17 bits per heavy atom. The molecule has 5 heteroatoms. The zero-order chi connectivity index (χ0) is 13.3. The minimum Gasteiger partial charge on any atom is -0.397 e. The molecule has 0 aromatic heterocycles. The molecule has 0 aliphatic rings. The maximum absolute atomic E-state index is 13.6. The molecule has 18 heavy (non-hydrogen) atoms. The van der Waals surface area contributed by atoms with Crippen molar-refractivity contribution in [3.8, 4) is 0 Å². The van der Waals surface area contributed by atoms with Crippen LogP contribution < -0.4 is 11.1 Å². The molecule has 0 fully saturated rings. The van der Waals surface area contributed by atoms with Crippen molar-refractivity contribution in [1.29, 1.82) is 0 Å². The maximum atomic E-state index is 13.6. The van der Waals surface area contributed by atoms with Gasteiger partial charge in [-0.1, -0.05) is 23.7 Å². The summed E-state index contributed by atoms with van der Waals surface area (Å²) in [5, 5.41) is 2.71. The molecule has 2 nitrogen and oxygen atoms in total. The summed E-state index contributed by atoms with van der Waals surface area (Å²) in [5.41, 5.74) is 7.21. The Balaban J connectivity index is 2.43. The standard InChI is InChI=1S/C13H11ClF2N2/c1-7-3-2-4-9(15)13(7)18-12-6-10(16)8(14)5-11(12)17/h2-6,18H,17H2,1H3. The number of nitrogens with two attached hydrogens (primary N) is 1. The first-order valence-electron chi connectivity index (χ1n) is 5.25. The van der Waals surface area contributed by atoms with Crippen molar-refractivity contribution in [2.24, 2.45) is 0 Å². The van der Waals surface area contributed by atoms with Gasteiger partial charge in [-0.15, -0.1) is 0 Å². The van der Waals surface area contributed by atoms with Crippen molar-refractivity contribution in [1.82, 2.24) is 0 Å². The fourth-order valence-electron chi connectivity index (χ4n) is 1.60. The van der Waals surface area contributed by atoms with Crippen molar-refractivity contribution in [3.63, 3.8) is 0 Å². The van der Waals surface area contributed by atoms with Crippen LogP contribution >= 0.6 is 11.6 Å². The van der Waals surface area contributed by atoms with Gasteiger partial charge < -0.3 is 11.1 Å². The highest BCUT2D eigenvalue weighted by molar-refractivity contribution is 6.31. The molecule has 0 radical (unpaired) electrons. The molecule has 0 aliphatic heterocycles. The van der Waals surface area contributed by atoms with Crippen LogP contribution in [0.1, 0.15) is 5.56 Å². The zero-order valence-electron chi connectivity index (χ0n) is 9.60. The van der Waals surface area contributed by atoms with Crippen LogP contribution in [0.5, 0.6) is 0 Å². The van der Waals surface area contributed by atoms with E-state index in [-0.39, 0.29) is 22.1 Å². The number of aryl methyl sites for hydroxylation is 1. The molecule has 94 valence electrons. The quantitative estimate of drug-likeness (QED) is 0.799. The van der Waals surface area contributed by atoms with Gasteiger partial charge in [-0.05, 0) is 24.6 Å². The summed E-state index contributed by atoms with van der Waals surface area (Å²) >= 11 is 5.59. The van der Waals surface area contributed by atoms with E-state index in [1.807, 2.05) is 0 Å². The van der Waals surface area contributed by atoms with E-state index in [0.29, 0.717) is 5.56 Å². The van der Waals surface area contributed by atoms with E-state index in [1.165, 1.54) is 12.1 Å². The second-order valence-electron chi connectivity index (χ2n) is 3.91. The highest BCUT2D eigenvalue weighted by Crippen LogP contribution is 2.30. The lowest BCUT2D eigenvalue weighted by molar-refractivity contribution is 0.627. The fourth-order valence-corrected chi connectivity index (χ4v) is 1.77. The summed E-state index contributed by atoms with van der Waals surface area (Å²) in [4.78, 5) is 0. The van der Waals surface area contributed by atoms with E-state index in [9.17, 15) is 8.78 Å². The van der Waals surface area contributed by atoms with Gasteiger partial charge >= 0.3 is 0 Å². The molecule has 0 spiro atoms. The van der Waals surface area contributed by atoms with Crippen LogP contribution in [0.2, 0.25) is 5.02 Å². The lowest BCUT2D eigenvalue weighted by Gasteiger charge is -2.13. The number of nitrogens with one attached hydrogen (secondary N) is 1. The minimum absolute atomic E-state index is 0.0664. The maximum Gasteiger partial charge on any atom is 0.146 e. The first-order chi connectivity index (χ1) is 8.49. The molecule has 2 aromatic rings. The van der Waals surface area contributed by atoms with Crippen molar-refractivity contribution in [2.75, 3.05) is 11.1 Å². The zero-order valence-corrected chi connectivity index (χ0v) is 10.4. The third-order valence-corrected chi connectivity index (χ3v) is 2.86. The number of nitrogen functional groups attached to an aromatic ring is 1. The van der Waals surface area contributed by atoms with Crippen LogP contribution in [0.25, 0.3) is 0 Å². The predicted molar refractivity (Wildman–Crippen MR) is 70.2 cm³/mol. The number of rotatable bonds is 2. The van der Waals surface area contributed by atoms with Crippen molar-refractivity contribution in [3.05, 3.63) is 52.6 Å². The molecule has 2 aromatic carbocycles. The third-order valence-electron chi connectivity index (χ3n) is 2.57. The molecular weight excluding hydrogens is 258 g/mol. The third kappa shape index (κ3) is 2.38. The van der Waals surface area contributed by atoms with Gasteiger partial charge in [0.05, 0.1) is 22.1 Å². The molecule has 0 saturated heterocycles. The fraction of sp³-hybridized carbons (Fsp3) is 0.0769. The highest BCUT2D eigenvalue weighted by Gasteiger charge is 2.10. The largest absolute Gasteiger partial charge is 0.397 e. The molecule has 3 N–H and O–H groups in total. The van der Waals surface area contributed by atoms with Gasteiger partial charge in [-0.2, -0.15) is 0 Å². The minimum atomic E-state index is -0.609. The van der Waals surface area contributed by atoms with Crippen molar-refractivity contribution in [2.45, 2.75) is 6.92 Å². The number of hydrogen-bond donors (Lipinski definition) is 2. The summed E-state index contributed by atoms with van der Waals surface area (Å²) in [7, 11) is 0. The van der Waals surface area contributed by atoms with Crippen LogP contribution in [0.15, 0.2) is 30.3 Å². The Morgan fingerprint density at radius 3 is 2.56 bits per heavy atom. The predicted octanol–water partition coefficient (Wildman–Crippen LogP) is 4.25. The van der Waals surface area contributed by atoms with E-state index in [0.717, 1.165) is 6.07 Å². The molecule has 2 rings (SSSR count). The number of anilines is 3. The molecular formula is C13H11ClF2N2. The van der Waals surface area contributed by atoms with E-state index in [4.69, 9.17) is 17.3 Å². The average Bonchev–Trinajstić information content (AvgIpc) is 2.30. The van der Waals surface area contributed by atoms with Crippen molar-refractivity contribution < 1.29 is 8.78 Å². The van der Waals surface area contributed by atoms with Crippen LogP contribution in [0, 0.1) is 18.6 Å². The lowest BCUT2D eigenvalue weighted by atomic mass is 10.1. The van der Waals surface area contributed by atoms with Gasteiger partial charge in [0, 0.05) is 6.07 Å². The second-order valence-corrected chi connectivity index (χ2v) is 4.32. The van der Waals surface area contributed by atoms with Gasteiger partial charge in [0.15, 0.2) is 0 Å². The monoisotopic (exact) mass is 268 g/mol. The summed E-state index contributed by atoms with van der Waals surface area (Å²) in [6.45, 7) is 1.74. The van der Waals surface area contributed by atoms with E-state index >= 15 is 0 Å². The number of halogens is 3. The van der Waals surface area contributed by atoms with E-state index < -0.39 is 11.6 Å². The van der Waals surface area contributed by atoms with Crippen LogP contribution in [0.3, 0.4) is 0 Å². The number of benzene rings is 2. The first kappa shape index (κ1) is 12.6.